The van der Waals surface area contributed by atoms with Gasteiger partial charge in [0.05, 0.1) is 24.2 Å². The Kier molecular flexibility index (Phi) is 4.61. The highest BCUT2D eigenvalue weighted by Gasteiger charge is 2.31. The number of methoxy groups -OCH3 is 1. The Bertz CT molecular complexity index is 585. The molecule has 23 heavy (non-hydrogen) atoms. The molecule has 126 valence electrons. The Morgan fingerprint density at radius 2 is 2.09 bits per heavy atom. The number of nitrogens with two attached hydrogens (primary N) is 1. The van der Waals surface area contributed by atoms with Gasteiger partial charge in [0.25, 0.3) is 0 Å². The lowest BCUT2D eigenvalue weighted by Crippen LogP contribution is -2.42. The van der Waals surface area contributed by atoms with Gasteiger partial charge in [-0.1, -0.05) is 0 Å². The molecule has 0 saturated carbocycles. The minimum atomic E-state index is -0.331. The van der Waals surface area contributed by atoms with Crippen molar-refractivity contribution in [2.24, 2.45) is 0 Å². The number of hydrogen-bond acceptors (Lipinski definition) is 5. The van der Waals surface area contributed by atoms with E-state index in [9.17, 15) is 4.79 Å². The summed E-state index contributed by atoms with van der Waals surface area (Å²) in [4.78, 5) is 13.8. The normalized spacial score (nSPS) is 21.7. The van der Waals surface area contributed by atoms with Gasteiger partial charge in [-0.25, -0.2) is 4.79 Å². The number of carbonyl (C=O) groups excluding carboxylic acids is 1. The molecule has 1 aromatic rings. The molecule has 0 radical (unpaired) electrons. The average molecular weight is 319 g/mol. The van der Waals surface area contributed by atoms with E-state index in [2.05, 4.69) is 5.32 Å². The first kappa shape index (κ1) is 15.9. The van der Waals surface area contributed by atoms with Gasteiger partial charge in [-0.15, -0.1) is 0 Å². The highest BCUT2D eigenvalue weighted by molar-refractivity contribution is 5.93. The number of fused-ring (bicyclic) bond motifs is 1. The van der Waals surface area contributed by atoms with Crippen LogP contribution in [0.3, 0.4) is 0 Å². The molecule has 1 saturated heterocycles. The molecule has 3 rings (SSSR count). The van der Waals surface area contributed by atoms with E-state index < -0.39 is 0 Å². The summed E-state index contributed by atoms with van der Waals surface area (Å²) in [6.45, 7) is 3.61. The summed E-state index contributed by atoms with van der Waals surface area (Å²) >= 11 is 0. The average Bonchev–Trinajstić information content (AvgIpc) is 2.57. The van der Waals surface area contributed by atoms with Gasteiger partial charge in [0, 0.05) is 30.9 Å². The van der Waals surface area contributed by atoms with Gasteiger partial charge in [-0.05, 0) is 44.7 Å². The molecular weight excluding hydrogens is 294 g/mol. The quantitative estimate of drug-likeness (QED) is 0.820. The van der Waals surface area contributed by atoms with Gasteiger partial charge in [-0.3, -0.25) is 4.90 Å². The van der Waals surface area contributed by atoms with Crippen LogP contribution in [0.2, 0.25) is 0 Å². The number of rotatable bonds is 2. The molecule has 0 spiro atoms. The van der Waals surface area contributed by atoms with E-state index in [4.69, 9.17) is 15.2 Å². The van der Waals surface area contributed by atoms with Crippen LogP contribution in [0.5, 0.6) is 0 Å². The molecule has 2 heterocycles. The molecular formula is C17H25N3O3. The summed E-state index contributed by atoms with van der Waals surface area (Å²) < 4.78 is 10.3. The van der Waals surface area contributed by atoms with Crippen molar-refractivity contribution in [2.45, 2.75) is 44.7 Å². The van der Waals surface area contributed by atoms with Gasteiger partial charge < -0.3 is 20.5 Å². The van der Waals surface area contributed by atoms with E-state index in [1.165, 1.54) is 7.11 Å². The minimum Gasteiger partial charge on any atom is -0.452 e. The summed E-state index contributed by atoms with van der Waals surface area (Å²) in [5.74, 6) is 0. The monoisotopic (exact) mass is 319 g/mol. The van der Waals surface area contributed by atoms with Gasteiger partial charge in [0.15, 0.2) is 0 Å². The highest BCUT2D eigenvalue weighted by Crippen LogP contribution is 2.39. The molecule has 2 aliphatic rings. The Balaban J connectivity index is 1.88. The lowest BCUT2D eigenvalue weighted by molar-refractivity contribution is 0.0904. The van der Waals surface area contributed by atoms with Crippen molar-refractivity contribution in [1.82, 2.24) is 0 Å². The van der Waals surface area contributed by atoms with Crippen LogP contribution in [0, 0.1) is 0 Å². The van der Waals surface area contributed by atoms with Crippen molar-refractivity contribution >= 4 is 23.2 Å². The molecule has 0 unspecified atom stereocenters. The van der Waals surface area contributed by atoms with Crippen molar-refractivity contribution in [3.05, 3.63) is 17.7 Å². The summed E-state index contributed by atoms with van der Waals surface area (Å²) in [5.41, 5.74) is 10.00. The number of hydrogen-bond donors (Lipinski definition) is 2. The molecule has 0 aliphatic carbocycles. The van der Waals surface area contributed by atoms with E-state index in [0.29, 0.717) is 6.04 Å². The molecule has 0 bridgehead atoms. The minimum absolute atomic E-state index is 0.114. The van der Waals surface area contributed by atoms with Crippen molar-refractivity contribution < 1.29 is 14.3 Å². The van der Waals surface area contributed by atoms with Crippen molar-refractivity contribution in [3.63, 3.8) is 0 Å². The van der Waals surface area contributed by atoms with Crippen LogP contribution in [0.1, 0.15) is 31.7 Å². The Hall–Kier alpha value is -1.95. The number of nitrogen functional groups attached to an aromatic ring is 1. The maximum Gasteiger partial charge on any atom is 0.414 e. The predicted molar refractivity (Wildman–Crippen MR) is 91.0 cm³/mol. The summed E-state index contributed by atoms with van der Waals surface area (Å²) in [5, 5.41) is 3.53. The first-order chi connectivity index (χ1) is 11.1. The molecule has 6 heteroatoms. The number of carbonyl (C=O) groups is 1. The predicted octanol–water partition coefficient (Wildman–Crippen LogP) is 2.77. The summed E-state index contributed by atoms with van der Waals surface area (Å²) in [7, 11) is 1.41. The van der Waals surface area contributed by atoms with Gasteiger partial charge in [-0.2, -0.15) is 0 Å². The number of nitrogens with zero attached hydrogens (tertiary/aromatic N) is 1. The second-order valence-corrected chi connectivity index (χ2v) is 6.28. The zero-order valence-electron chi connectivity index (χ0n) is 13.8. The summed E-state index contributed by atoms with van der Waals surface area (Å²) in [6, 6.07) is 4.45. The maximum absolute atomic E-state index is 12.1. The van der Waals surface area contributed by atoms with Crippen molar-refractivity contribution in [2.75, 3.05) is 36.3 Å². The first-order valence-corrected chi connectivity index (χ1v) is 8.24. The van der Waals surface area contributed by atoms with Crippen molar-refractivity contribution in [1.29, 1.82) is 0 Å². The largest absolute Gasteiger partial charge is 0.452 e. The molecule has 2 aliphatic heterocycles. The van der Waals surface area contributed by atoms with Gasteiger partial charge in [0.2, 0.25) is 0 Å². The third-order valence-corrected chi connectivity index (χ3v) is 4.80. The Morgan fingerprint density at radius 1 is 1.35 bits per heavy atom. The number of nitrogens with one attached hydrogen (secondary N) is 1. The molecule has 1 fully saturated rings. The fraction of sp³-hybridized carbons (Fsp3) is 0.588. The van der Waals surface area contributed by atoms with Gasteiger partial charge >= 0.3 is 6.09 Å². The van der Waals surface area contributed by atoms with Crippen LogP contribution in [-0.4, -0.2) is 38.5 Å². The Labute approximate surface area is 136 Å². The van der Waals surface area contributed by atoms with Crippen LogP contribution >= 0.6 is 0 Å². The smallest absolute Gasteiger partial charge is 0.414 e. The standard InChI is InChI=1S/C17H25N3O3/c1-11-3-4-13-15(20(11)17(21)22-2)6-5-14(16(13)18)19-12-7-9-23-10-8-12/h5-6,11-12,19H,3-4,7-10,18H2,1-2H3/t11-/m0/s1. The lowest BCUT2D eigenvalue weighted by atomic mass is 9.94. The topological polar surface area (TPSA) is 76.8 Å². The molecule has 1 atom stereocenters. The van der Waals surface area contributed by atoms with E-state index >= 15 is 0 Å². The second-order valence-electron chi connectivity index (χ2n) is 6.28. The van der Waals surface area contributed by atoms with Crippen LogP contribution < -0.4 is 16.0 Å². The molecule has 1 aromatic carbocycles. The second kappa shape index (κ2) is 6.66. The maximum atomic E-state index is 12.1. The molecule has 6 nitrogen and oxygen atoms in total. The SMILES string of the molecule is COC(=O)N1c2ccc(NC3CCOCC3)c(N)c2CC[C@@H]1C. The number of benzene rings is 1. The number of ether oxygens (including phenoxy) is 2. The third-order valence-electron chi connectivity index (χ3n) is 4.80. The zero-order chi connectivity index (χ0) is 16.4. The molecule has 3 N–H and O–H groups in total. The third kappa shape index (κ3) is 3.08. The lowest BCUT2D eigenvalue weighted by Gasteiger charge is -2.35. The van der Waals surface area contributed by atoms with Crippen molar-refractivity contribution in [3.8, 4) is 0 Å². The van der Waals surface area contributed by atoms with E-state index in [1.54, 1.807) is 4.90 Å². The zero-order valence-corrected chi connectivity index (χ0v) is 13.8. The molecule has 1 amide bonds. The fourth-order valence-corrected chi connectivity index (χ4v) is 3.43. The van der Waals surface area contributed by atoms with Crippen LogP contribution in [0.4, 0.5) is 21.9 Å². The Morgan fingerprint density at radius 3 is 2.78 bits per heavy atom. The van der Waals surface area contributed by atoms with Crippen LogP contribution in [0.25, 0.3) is 0 Å². The van der Waals surface area contributed by atoms with Gasteiger partial charge in [0.1, 0.15) is 0 Å². The molecule has 0 aromatic heterocycles. The first-order valence-electron chi connectivity index (χ1n) is 8.24. The number of anilines is 3. The van der Waals surface area contributed by atoms with E-state index in [-0.39, 0.29) is 12.1 Å². The van der Waals surface area contributed by atoms with E-state index in [0.717, 1.165) is 61.5 Å². The van der Waals surface area contributed by atoms with E-state index in [1.807, 2.05) is 19.1 Å². The fourth-order valence-electron chi connectivity index (χ4n) is 3.43. The summed E-state index contributed by atoms with van der Waals surface area (Å²) in [6.07, 6.45) is 3.40. The van der Waals surface area contributed by atoms with Crippen LogP contribution in [-0.2, 0) is 15.9 Å². The van der Waals surface area contributed by atoms with Crippen LogP contribution in [0.15, 0.2) is 12.1 Å². The number of amides is 1. The highest BCUT2D eigenvalue weighted by atomic mass is 16.5.